The van der Waals surface area contributed by atoms with E-state index in [0.717, 1.165) is 54.2 Å². The van der Waals surface area contributed by atoms with Crippen LogP contribution in [0.25, 0.3) is 5.69 Å². The van der Waals surface area contributed by atoms with Gasteiger partial charge in [-0.3, -0.25) is 14.5 Å². The number of hydrogen-bond acceptors (Lipinski definition) is 7. The molecule has 3 aliphatic rings. The first kappa shape index (κ1) is 26.6. The lowest BCUT2D eigenvalue weighted by Gasteiger charge is -2.26. The largest absolute Gasteiger partial charge is 0.497 e. The van der Waals surface area contributed by atoms with E-state index >= 15 is 0 Å². The zero-order valence-corrected chi connectivity index (χ0v) is 24.1. The van der Waals surface area contributed by atoms with Crippen LogP contribution in [0.5, 0.6) is 17.2 Å². The molecular formula is C30H34N4O5S. The summed E-state index contributed by atoms with van der Waals surface area (Å²) in [6.45, 7) is 8.01. The molecule has 40 heavy (non-hydrogen) atoms. The van der Waals surface area contributed by atoms with E-state index in [9.17, 15) is 9.59 Å². The van der Waals surface area contributed by atoms with Crippen LogP contribution in [-0.4, -0.2) is 65.8 Å². The molecule has 0 aliphatic carbocycles. The topological polar surface area (TPSA) is 86.1 Å². The highest BCUT2D eigenvalue weighted by Gasteiger charge is 2.40. The SMILES string of the molecule is COc1ccc(-n2nc(C(C)(C)C)c3c2N(CC(=O)N2CCCC2)C(=O)CSC3c2ccc3c(c2)OCO3)cc1. The Hall–Kier alpha value is -3.66. The highest BCUT2D eigenvalue weighted by atomic mass is 32.2. The molecule has 9 nitrogen and oxygen atoms in total. The first-order chi connectivity index (χ1) is 19.2. The van der Waals surface area contributed by atoms with E-state index in [1.165, 1.54) is 0 Å². The highest BCUT2D eigenvalue weighted by Crippen LogP contribution is 2.50. The van der Waals surface area contributed by atoms with Gasteiger partial charge < -0.3 is 19.1 Å². The number of benzene rings is 2. The molecule has 1 unspecified atom stereocenters. The second-order valence-electron chi connectivity index (χ2n) is 11.3. The lowest BCUT2D eigenvalue weighted by molar-refractivity contribution is -0.130. The minimum absolute atomic E-state index is 0.0221. The lowest BCUT2D eigenvalue weighted by atomic mass is 9.87. The third-order valence-corrected chi connectivity index (χ3v) is 8.82. The highest BCUT2D eigenvalue weighted by molar-refractivity contribution is 8.00. The van der Waals surface area contributed by atoms with Gasteiger partial charge in [-0.1, -0.05) is 26.8 Å². The van der Waals surface area contributed by atoms with Gasteiger partial charge in [0, 0.05) is 24.1 Å². The molecular weight excluding hydrogens is 528 g/mol. The van der Waals surface area contributed by atoms with Gasteiger partial charge in [-0.2, -0.15) is 5.10 Å². The fourth-order valence-corrected chi connectivity index (χ4v) is 6.71. The number of carbonyl (C=O) groups excluding carboxylic acids is 2. The molecule has 0 spiro atoms. The van der Waals surface area contributed by atoms with E-state index in [1.54, 1.807) is 23.8 Å². The van der Waals surface area contributed by atoms with Crippen molar-refractivity contribution in [3.8, 4) is 22.9 Å². The first-order valence-corrected chi connectivity index (χ1v) is 14.7. The number of hydrogen-bond donors (Lipinski definition) is 0. The number of aromatic nitrogens is 2. The summed E-state index contributed by atoms with van der Waals surface area (Å²) in [5.74, 6) is 2.84. The molecule has 4 heterocycles. The van der Waals surface area contributed by atoms with Crippen LogP contribution in [0.4, 0.5) is 5.82 Å². The minimum Gasteiger partial charge on any atom is -0.497 e. The van der Waals surface area contributed by atoms with Crippen molar-refractivity contribution in [3.05, 3.63) is 59.3 Å². The third-order valence-electron chi connectivity index (χ3n) is 7.57. The summed E-state index contributed by atoms with van der Waals surface area (Å²) in [5, 5.41) is 4.95. The van der Waals surface area contributed by atoms with E-state index in [0.29, 0.717) is 17.3 Å². The fraction of sp³-hybridized carbons (Fsp3) is 0.433. The van der Waals surface area contributed by atoms with Crippen molar-refractivity contribution in [2.45, 2.75) is 44.3 Å². The van der Waals surface area contributed by atoms with Crippen molar-refractivity contribution in [2.75, 3.05) is 44.2 Å². The molecule has 0 saturated carbocycles. The van der Waals surface area contributed by atoms with Gasteiger partial charge in [0.15, 0.2) is 11.5 Å². The van der Waals surface area contributed by atoms with E-state index in [2.05, 4.69) is 20.8 Å². The number of carbonyl (C=O) groups is 2. The Kier molecular flexibility index (Phi) is 6.90. The Morgan fingerprint density at radius 3 is 2.50 bits per heavy atom. The van der Waals surface area contributed by atoms with Crippen molar-refractivity contribution in [1.29, 1.82) is 0 Å². The van der Waals surface area contributed by atoms with Crippen LogP contribution >= 0.6 is 11.8 Å². The van der Waals surface area contributed by atoms with Gasteiger partial charge in [-0.15, -0.1) is 11.8 Å². The molecule has 10 heteroatoms. The van der Waals surface area contributed by atoms with Crippen LogP contribution in [0.2, 0.25) is 0 Å². The maximum Gasteiger partial charge on any atom is 0.242 e. The van der Waals surface area contributed by atoms with E-state index in [4.69, 9.17) is 19.3 Å². The summed E-state index contributed by atoms with van der Waals surface area (Å²) in [7, 11) is 1.63. The maximum atomic E-state index is 13.9. The number of fused-ring (bicyclic) bond motifs is 2. The van der Waals surface area contributed by atoms with Gasteiger partial charge in [0.2, 0.25) is 18.6 Å². The lowest BCUT2D eigenvalue weighted by Crippen LogP contribution is -2.43. The van der Waals surface area contributed by atoms with Crippen LogP contribution in [0.3, 0.4) is 0 Å². The normalized spacial score (nSPS) is 18.6. The molecule has 1 atom stereocenters. The number of thioether (sulfide) groups is 1. The minimum atomic E-state index is -0.338. The van der Waals surface area contributed by atoms with Crippen molar-refractivity contribution < 1.29 is 23.8 Å². The molecule has 3 aromatic rings. The Bertz CT molecular complexity index is 1440. The van der Waals surface area contributed by atoms with Gasteiger partial charge in [-0.25, -0.2) is 4.68 Å². The van der Waals surface area contributed by atoms with Gasteiger partial charge in [0.1, 0.15) is 18.1 Å². The predicted octanol–water partition coefficient (Wildman–Crippen LogP) is 4.70. The number of nitrogens with zero attached hydrogens (tertiary/aromatic N) is 4. The van der Waals surface area contributed by atoms with Crippen molar-refractivity contribution in [3.63, 3.8) is 0 Å². The van der Waals surface area contributed by atoms with E-state index < -0.39 is 0 Å². The molecule has 3 aliphatic heterocycles. The van der Waals surface area contributed by atoms with Crippen LogP contribution in [-0.2, 0) is 15.0 Å². The van der Waals surface area contributed by atoms with Crippen LogP contribution in [0.15, 0.2) is 42.5 Å². The molecule has 6 rings (SSSR count). The van der Waals surface area contributed by atoms with Crippen molar-refractivity contribution in [2.24, 2.45) is 0 Å². The van der Waals surface area contributed by atoms with Crippen LogP contribution < -0.4 is 19.1 Å². The Balaban J connectivity index is 1.56. The number of rotatable bonds is 5. The van der Waals surface area contributed by atoms with Gasteiger partial charge in [0.05, 0.1) is 29.5 Å². The molecule has 1 fully saturated rings. The predicted molar refractivity (Wildman–Crippen MR) is 154 cm³/mol. The average Bonchev–Trinajstić information content (AvgIpc) is 3.70. The van der Waals surface area contributed by atoms with E-state index in [1.807, 2.05) is 52.0 Å². The molecule has 1 aromatic heterocycles. The van der Waals surface area contributed by atoms with Crippen molar-refractivity contribution in [1.82, 2.24) is 14.7 Å². The second-order valence-corrected chi connectivity index (χ2v) is 12.4. The maximum absolute atomic E-state index is 13.9. The van der Waals surface area contributed by atoms with Gasteiger partial charge in [-0.05, 0) is 54.8 Å². The van der Waals surface area contributed by atoms with Gasteiger partial charge >= 0.3 is 0 Å². The molecule has 2 amide bonds. The Morgan fingerprint density at radius 2 is 1.80 bits per heavy atom. The van der Waals surface area contributed by atoms with Crippen LogP contribution in [0, 0.1) is 0 Å². The smallest absolute Gasteiger partial charge is 0.242 e. The fourth-order valence-electron chi connectivity index (χ4n) is 5.52. The zero-order chi connectivity index (χ0) is 28.0. The first-order valence-electron chi connectivity index (χ1n) is 13.6. The number of anilines is 1. The summed E-state index contributed by atoms with van der Waals surface area (Å²) < 4.78 is 18.5. The monoisotopic (exact) mass is 562 g/mol. The average molecular weight is 563 g/mol. The molecule has 0 N–H and O–H groups in total. The molecule has 210 valence electrons. The number of ether oxygens (including phenoxy) is 3. The third kappa shape index (κ3) is 4.78. The molecule has 1 saturated heterocycles. The van der Waals surface area contributed by atoms with Crippen molar-refractivity contribution >= 4 is 29.4 Å². The number of likely N-dealkylation sites (tertiary alicyclic amines) is 1. The Labute approximate surface area is 238 Å². The summed E-state index contributed by atoms with van der Waals surface area (Å²) in [4.78, 5) is 30.8. The zero-order valence-electron chi connectivity index (χ0n) is 23.3. The quantitative estimate of drug-likeness (QED) is 0.446. The number of methoxy groups -OCH3 is 1. The molecule has 0 radical (unpaired) electrons. The summed E-state index contributed by atoms with van der Waals surface area (Å²) in [5.41, 5.74) is 3.26. The van der Waals surface area contributed by atoms with Gasteiger partial charge in [0.25, 0.3) is 0 Å². The standard InChI is InChI=1S/C30H34N4O5S/c1-30(2,3)28-26-27(19-7-12-22-23(15-19)39-18-38-22)40-17-25(36)33(16-24(35)32-13-5-6-14-32)29(26)34(31-28)20-8-10-21(37-4)11-9-20/h7-12,15,27H,5-6,13-14,16-18H2,1-4H3. The summed E-state index contributed by atoms with van der Waals surface area (Å²) in [6, 6.07) is 13.6. The summed E-state index contributed by atoms with van der Waals surface area (Å²) in [6.07, 6.45) is 1.98. The van der Waals surface area contributed by atoms with E-state index in [-0.39, 0.29) is 41.6 Å². The molecule has 0 bridgehead atoms. The second kappa shape index (κ2) is 10.4. The molecule has 2 aromatic carbocycles. The Morgan fingerprint density at radius 1 is 1.07 bits per heavy atom. The number of amides is 2. The van der Waals surface area contributed by atoms with Crippen LogP contribution in [0.1, 0.15) is 55.7 Å². The summed E-state index contributed by atoms with van der Waals surface area (Å²) >= 11 is 1.56.